The Balaban J connectivity index is 2.10. The predicted octanol–water partition coefficient (Wildman–Crippen LogP) is 1.57. The Morgan fingerprint density at radius 1 is 1.36 bits per heavy atom. The first-order chi connectivity index (χ1) is 6.67. The summed E-state index contributed by atoms with van der Waals surface area (Å²) in [6.45, 7) is 7.15. The van der Waals surface area contributed by atoms with Crippen molar-refractivity contribution < 1.29 is 9.47 Å². The van der Waals surface area contributed by atoms with E-state index in [1.165, 1.54) is 0 Å². The lowest BCUT2D eigenvalue weighted by Crippen LogP contribution is -2.51. The molecule has 14 heavy (non-hydrogen) atoms. The number of hydrogen-bond acceptors (Lipinski definition) is 3. The van der Waals surface area contributed by atoms with Gasteiger partial charge in [-0.2, -0.15) is 0 Å². The van der Waals surface area contributed by atoms with Crippen molar-refractivity contribution in [1.82, 2.24) is 5.32 Å². The van der Waals surface area contributed by atoms with E-state index in [1.54, 1.807) is 7.11 Å². The van der Waals surface area contributed by atoms with Gasteiger partial charge in [-0.15, -0.1) is 0 Å². The third-order valence-corrected chi connectivity index (χ3v) is 3.07. The van der Waals surface area contributed by atoms with Crippen LogP contribution in [0.2, 0.25) is 0 Å². The zero-order valence-electron chi connectivity index (χ0n) is 9.75. The Bertz CT molecular complexity index is 157. The summed E-state index contributed by atoms with van der Waals surface area (Å²) in [5.74, 6) is 0. The molecule has 1 fully saturated rings. The third kappa shape index (κ3) is 3.23. The first-order valence-electron chi connectivity index (χ1n) is 5.57. The number of ether oxygens (including phenoxy) is 2. The monoisotopic (exact) mass is 201 g/mol. The van der Waals surface area contributed by atoms with Crippen LogP contribution in [0, 0.1) is 0 Å². The van der Waals surface area contributed by atoms with Gasteiger partial charge in [-0.25, -0.2) is 0 Å². The van der Waals surface area contributed by atoms with Crippen LogP contribution in [0.25, 0.3) is 0 Å². The molecule has 3 nitrogen and oxygen atoms in total. The molecule has 1 aliphatic rings. The molecular formula is C11H23NO2. The minimum absolute atomic E-state index is 0.279. The average molecular weight is 201 g/mol. The number of nitrogens with one attached hydrogen (secondary N) is 1. The fourth-order valence-electron chi connectivity index (χ4n) is 1.78. The van der Waals surface area contributed by atoms with Gasteiger partial charge in [0, 0.05) is 25.8 Å². The minimum atomic E-state index is 0.279. The maximum Gasteiger partial charge on any atom is 0.0693 e. The van der Waals surface area contributed by atoms with Gasteiger partial charge in [0.15, 0.2) is 0 Å². The minimum Gasteiger partial charge on any atom is -0.380 e. The largest absolute Gasteiger partial charge is 0.380 e. The van der Waals surface area contributed by atoms with Crippen LogP contribution < -0.4 is 5.32 Å². The Kier molecular flexibility index (Phi) is 4.85. The van der Waals surface area contributed by atoms with E-state index < -0.39 is 0 Å². The lowest BCUT2D eigenvalue weighted by atomic mass is 9.88. The standard InChI is InChI=1S/C11H23NO2/c1-5-14-11-6-10(7-11)12-8(2)9(3)13-4/h8-12H,5-7H2,1-4H3. The van der Waals surface area contributed by atoms with Crippen LogP contribution in [0.4, 0.5) is 0 Å². The maximum atomic E-state index is 5.51. The molecule has 1 aliphatic carbocycles. The van der Waals surface area contributed by atoms with Gasteiger partial charge < -0.3 is 14.8 Å². The van der Waals surface area contributed by atoms with Crippen molar-refractivity contribution >= 4 is 0 Å². The molecule has 0 bridgehead atoms. The van der Waals surface area contributed by atoms with Crippen LogP contribution in [-0.2, 0) is 9.47 Å². The Morgan fingerprint density at radius 3 is 2.50 bits per heavy atom. The fraction of sp³-hybridized carbons (Fsp3) is 1.00. The Labute approximate surface area is 87.2 Å². The molecule has 1 saturated carbocycles. The summed E-state index contributed by atoms with van der Waals surface area (Å²) in [7, 11) is 1.76. The fourth-order valence-corrected chi connectivity index (χ4v) is 1.78. The molecule has 0 aliphatic heterocycles. The second-order valence-corrected chi connectivity index (χ2v) is 4.14. The molecule has 0 spiro atoms. The number of methoxy groups -OCH3 is 1. The second kappa shape index (κ2) is 5.69. The topological polar surface area (TPSA) is 30.5 Å². The molecule has 1 rings (SSSR count). The van der Waals surface area contributed by atoms with E-state index in [0.717, 1.165) is 19.4 Å². The molecule has 0 aromatic heterocycles. The average Bonchev–Trinajstić information content (AvgIpc) is 2.13. The third-order valence-electron chi connectivity index (χ3n) is 3.07. The van der Waals surface area contributed by atoms with Crippen molar-refractivity contribution in [3.63, 3.8) is 0 Å². The van der Waals surface area contributed by atoms with Crippen molar-refractivity contribution in [2.75, 3.05) is 13.7 Å². The van der Waals surface area contributed by atoms with Crippen LogP contribution in [0.1, 0.15) is 33.6 Å². The lowest BCUT2D eigenvalue weighted by molar-refractivity contribution is -0.0182. The molecule has 0 aromatic carbocycles. The summed E-state index contributed by atoms with van der Waals surface area (Å²) in [6, 6.07) is 1.05. The quantitative estimate of drug-likeness (QED) is 0.707. The van der Waals surface area contributed by atoms with Crippen LogP contribution in [0.5, 0.6) is 0 Å². The van der Waals surface area contributed by atoms with E-state index in [9.17, 15) is 0 Å². The lowest BCUT2D eigenvalue weighted by Gasteiger charge is -2.38. The van der Waals surface area contributed by atoms with Gasteiger partial charge in [0.05, 0.1) is 12.2 Å². The van der Waals surface area contributed by atoms with E-state index in [-0.39, 0.29) is 6.10 Å². The van der Waals surface area contributed by atoms with E-state index in [2.05, 4.69) is 26.1 Å². The van der Waals surface area contributed by atoms with Gasteiger partial charge in [0.2, 0.25) is 0 Å². The van der Waals surface area contributed by atoms with Crippen molar-refractivity contribution in [3.8, 4) is 0 Å². The summed E-state index contributed by atoms with van der Waals surface area (Å²) in [5.41, 5.74) is 0. The molecule has 2 atom stereocenters. The molecule has 0 saturated heterocycles. The first-order valence-corrected chi connectivity index (χ1v) is 5.57. The highest BCUT2D eigenvalue weighted by atomic mass is 16.5. The predicted molar refractivity (Wildman–Crippen MR) is 57.5 cm³/mol. The molecule has 1 N–H and O–H groups in total. The van der Waals surface area contributed by atoms with Crippen LogP contribution >= 0.6 is 0 Å². The normalized spacial score (nSPS) is 30.9. The molecule has 0 radical (unpaired) electrons. The van der Waals surface area contributed by atoms with Gasteiger partial charge in [-0.3, -0.25) is 0 Å². The molecule has 0 heterocycles. The molecule has 3 heteroatoms. The van der Waals surface area contributed by atoms with Gasteiger partial charge in [0.25, 0.3) is 0 Å². The van der Waals surface area contributed by atoms with Crippen molar-refractivity contribution in [2.45, 2.75) is 57.9 Å². The molecular weight excluding hydrogens is 178 g/mol. The van der Waals surface area contributed by atoms with E-state index in [0.29, 0.717) is 18.2 Å². The molecule has 0 aromatic rings. The molecule has 84 valence electrons. The van der Waals surface area contributed by atoms with Gasteiger partial charge in [-0.1, -0.05) is 0 Å². The maximum absolute atomic E-state index is 5.51. The summed E-state index contributed by atoms with van der Waals surface area (Å²) >= 11 is 0. The van der Waals surface area contributed by atoms with E-state index in [1.807, 2.05) is 0 Å². The summed E-state index contributed by atoms with van der Waals surface area (Å²) in [4.78, 5) is 0. The van der Waals surface area contributed by atoms with Gasteiger partial charge in [0.1, 0.15) is 0 Å². The highest BCUT2D eigenvalue weighted by Gasteiger charge is 2.30. The zero-order chi connectivity index (χ0) is 10.6. The van der Waals surface area contributed by atoms with Crippen LogP contribution in [-0.4, -0.2) is 38.0 Å². The van der Waals surface area contributed by atoms with Gasteiger partial charge in [-0.05, 0) is 33.6 Å². The van der Waals surface area contributed by atoms with E-state index >= 15 is 0 Å². The van der Waals surface area contributed by atoms with Gasteiger partial charge >= 0.3 is 0 Å². The summed E-state index contributed by atoms with van der Waals surface area (Å²) in [5, 5.41) is 3.55. The van der Waals surface area contributed by atoms with Crippen molar-refractivity contribution in [2.24, 2.45) is 0 Å². The zero-order valence-corrected chi connectivity index (χ0v) is 9.75. The summed E-state index contributed by atoms with van der Waals surface area (Å²) < 4.78 is 10.8. The second-order valence-electron chi connectivity index (χ2n) is 4.14. The van der Waals surface area contributed by atoms with Crippen molar-refractivity contribution in [1.29, 1.82) is 0 Å². The Hall–Kier alpha value is -0.120. The summed E-state index contributed by atoms with van der Waals surface area (Å²) in [6.07, 6.45) is 3.06. The van der Waals surface area contributed by atoms with Crippen molar-refractivity contribution in [3.05, 3.63) is 0 Å². The molecule has 2 unspecified atom stereocenters. The van der Waals surface area contributed by atoms with Crippen LogP contribution in [0.15, 0.2) is 0 Å². The first kappa shape index (κ1) is 12.0. The molecule has 0 amide bonds. The highest BCUT2D eigenvalue weighted by molar-refractivity contribution is 4.88. The number of rotatable bonds is 6. The highest BCUT2D eigenvalue weighted by Crippen LogP contribution is 2.23. The SMILES string of the molecule is CCOC1CC(NC(C)C(C)OC)C1. The van der Waals surface area contributed by atoms with E-state index in [4.69, 9.17) is 9.47 Å². The van der Waals surface area contributed by atoms with Crippen LogP contribution in [0.3, 0.4) is 0 Å². The Morgan fingerprint density at radius 2 is 2.00 bits per heavy atom. The smallest absolute Gasteiger partial charge is 0.0693 e. The number of hydrogen-bond donors (Lipinski definition) is 1.